The molecule has 37 heavy (non-hydrogen) atoms. The van der Waals surface area contributed by atoms with Crippen molar-refractivity contribution in [3.05, 3.63) is 114 Å². The van der Waals surface area contributed by atoms with Crippen LogP contribution >= 0.6 is 0 Å². The number of unbranched alkanes of at least 4 members (excludes halogenated alkanes) is 1. The standard InChI is InChI=1S/C22H19NO3.C10H13F/c24-18-10-11-19(21(25)14-18)20-12-13-22(26)23(20)17-8-6-16(7-9-17)15-4-2-1-3-5-15;1-2-3-4-9-5-7-10(11)8-6-9/h1-11,14,20,24-25H,12-13H2;5-8H,2-4H2,1H3. The number of nitrogens with zero attached hydrogens (tertiary/aromatic N) is 1. The predicted molar refractivity (Wildman–Crippen MR) is 146 cm³/mol. The van der Waals surface area contributed by atoms with Crippen LogP contribution in [0.2, 0.25) is 0 Å². The smallest absolute Gasteiger partial charge is 0.227 e. The molecule has 1 aliphatic heterocycles. The zero-order valence-corrected chi connectivity index (χ0v) is 21.0. The van der Waals surface area contributed by atoms with Crippen LogP contribution in [0.5, 0.6) is 11.5 Å². The highest BCUT2D eigenvalue weighted by molar-refractivity contribution is 5.96. The maximum absolute atomic E-state index is 12.5. The van der Waals surface area contributed by atoms with Gasteiger partial charge in [0.25, 0.3) is 0 Å². The van der Waals surface area contributed by atoms with Gasteiger partial charge in [0.15, 0.2) is 0 Å². The van der Waals surface area contributed by atoms with Crippen LogP contribution in [0.4, 0.5) is 10.1 Å². The average molecular weight is 498 g/mol. The molecule has 1 unspecified atom stereocenters. The first-order valence-electron chi connectivity index (χ1n) is 12.7. The minimum atomic E-state index is -0.231. The van der Waals surface area contributed by atoms with Gasteiger partial charge in [-0.05, 0) is 72.4 Å². The zero-order chi connectivity index (χ0) is 26.2. The fourth-order valence-corrected chi connectivity index (χ4v) is 4.59. The molecule has 4 aromatic rings. The summed E-state index contributed by atoms with van der Waals surface area (Å²) in [6.45, 7) is 2.16. The molecule has 1 atom stereocenters. The molecule has 4 aromatic carbocycles. The lowest BCUT2D eigenvalue weighted by Gasteiger charge is -2.26. The van der Waals surface area contributed by atoms with Crippen LogP contribution in [0.15, 0.2) is 97.1 Å². The minimum Gasteiger partial charge on any atom is -0.508 e. The Morgan fingerprint density at radius 2 is 1.54 bits per heavy atom. The number of rotatable bonds is 6. The van der Waals surface area contributed by atoms with E-state index in [2.05, 4.69) is 6.92 Å². The number of aryl methyl sites for hydroxylation is 1. The quantitative estimate of drug-likeness (QED) is 0.286. The Balaban J connectivity index is 0.000000245. The summed E-state index contributed by atoms with van der Waals surface area (Å²) in [6, 6.07) is 29.0. The van der Waals surface area contributed by atoms with E-state index in [1.807, 2.05) is 66.7 Å². The number of phenolic OH excluding ortho intramolecular Hbond substituents is 2. The van der Waals surface area contributed by atoms with E-state index in [4.69, 9.17) is 0 Å². The Hall–Kier alpha value is -4.12. The fraction of sp³-hybridized carbons (Fsp3) is 0.219. The molecule has 0 radical (unpaired) electrons. The van der Waals surface area contributed by atoms with Crippen molar-refractivity contribution in [3.63, 3.8) is 0 Å². The van der Waals surface area contributed by atoms with E-state index >= 15 is 0 Å². The van der Waals surface area contributed by atoms with Gasteiger partial charge >= 0.3 is 0 Å². The van der Waals surface area contributed by atoms with Crippen molar-refractivity contribution in [2.75, 3.05) is 4.90 Å². The molecule has 4 nitrogen and oxygen atoms in total. The monoisotopic (exact) mass is 497 g/mol. The Labute approximate surface area is 217 Å². The third-order valence-electron chi connectivity index (χ3n) is 6.57. The van der Waals surface area contributed by atoms with E-state index in [1.54, 1.807) is 11.0 Å². The van der Waals surface area contributed by atoms with Crippen LogP contribution in [0.3, 0.4) is 0 Å². The van der Waals surface area contributed by atoms with E-state index < -0.39 is 0 Å². The highest BCUT2D eigenvalue weighted by atomic mass is 19.1. The van der Waals surface area contributed by atoms with E-state index in [9.17, 15) is 19.4 Å². The largest absolute Gasteiger partial charge is 0.508 e. The number of hydrogen-bond acceptors (Lipinski definition) is 3. The van der Waals surface area contributed by atoms with Crippen molar-refractivity contribution in [2.45, 2.75) is 45.1 Å². The summed E-state index contributed by atoms with van der Waals surface area (Å²) in [7, 11) is 0. The fourth-order valence-electron chi connectivity index (χ4n) is 4.59. The van der Waals surface area contributed by atoms with Gasteiger partial charge in [-0.25, -0.2) is 4.39 Å². The number of amides is 1. The second-order valence-corrected chi connectivity index (χ2v) is 9.20. The Morgan fingerprint density at radius 3 is 2.19 bits per heavy atom. The van der Waals surface area contributed by atoms with Crippen LogP contribution in [0, 0.1) is 5.82 Å². The van der Waals surface area contributed by atoms with Crippen LogP contribution < -0.4 is 4.90 Å². The molecule has 0 bridgehead atoms. The van der Waals surface area contributed by atoms with Crippen molar-refractivity contribution in [2.24, 2.45) is 0 Å². The Kier molecular flexibility index (Phi) is 8.57. The normalized spacial score (nSPS) is 14.8. The van der Waals surface area contributed by atoms with E-state index in [0.29, 0.717) is 18.4 Å². The summed E-state index contributed by atoms with van der Waals surface area (Å²) in [4.78, 5) is 14.2. The second-order valence-electron chi connectivity index (χ2n) is 9.20. The van der Waals surface area contributed by atoms with Crippen LogP contribution in [-0.2, 0) is 11.2 Å². The van der Waals surface area contributed by atoms with Crippen molar-refractivity contribution in [1.29, 1.82) is 0 Å². The van der Waals surface area contributed by atoms with Gasteiger partial charge in [-0.15, -0.1) is 0 Å². The molecule has 5 heteroatoms. The lowest BCUT2D eigenvalue weighted by atomic mass is 10.0. The molecule has 0 spiro atoms. The SMILES string of the molecule is CCCCc1ccc(F)cc1.O=C1CCC(c2ccc(O)cc2O)N1c1ccc(-c2ccccc2)cc1. The summed E-state index contributed by atoms with van der Waals surface area (Å²) in [6.07, 6.45) is 4.52. The van der Waals surface area contributed by atoms with Crippen molar-refractivity contribution >= 4 is 11.6 Å². The van der Waals surface area contributed by atoms with E-state index in [-0.39, 0.29) is 29.3 Å². The third kappa shape index (κ3) is 6.56. The number of carbonyl (C=O) groups excluding carboxylic acids is 1. The summed E-state index contributed by atoms with van der Waals surface area (Å²) in [5.74, 6) is -0.0925. The van der Waals surface area contributed by atoms with Crippen LogP contribution in [-0.4, -0.2) is 16.1 Å². The maximum Gasteiger partial charge on any atom is 0.227 e. The van der Waals surface area contributed by atoms with Gasteiger partial charge in [-0.2, -0.15) is 0 Å². The van der Waals surface area contributed by atoms with E-state index in [0.717, 1.165) is 23.2 Å². The molecular formula is C32H32FNO3. The van der Waals surface area contributed by atoms with Gasteiger partial charge in [0, 0.05) is 23.7 Å². The van der Waals surface area contributed by atoms with Crippen molar-refractivity contribution in [1.82, 2.24) is 0 Å². The molecule has 0 aliphatic carbocycles. The Morgan fingerprint density at radius 1 is 0.865 bits per heavy atom. The highest BCUT2D eigenvalue weighted by Gasteiger charge is 2.34. The zero-order valence-electron chi connectivity index (χ0n) is 21.0. The van der Waals surface area contributed by atoms with E-state index in [1.165, 1.54) is 42.7 Å². The maximum atomic E-state index is 12.5. The summed E-state index contributed by atoms with van der Waals surface area (Å²) in [5, 5.41) is 19.7. The number of phenols is 2. The molecule has 5 rings (SSSR count). The first-order valence-corrected chi connectivity index (χ1v) is 12.7. The number of benzene rings is 4. The van der Waals surface area contributed by atoms with Gasteiger partial charge in [-0.3, -0.25) is 4.79 Å². The van der Waals surface area contributed by atoms with Gasteiger partial charge in [0.1, 0.15) is 17.3 Å². The molecule has 0 saturated carbocycles. The second kappa shape index (κ2) is 12.2. The number of hydrogen-bond donors (Lipinski definition) is 2. The van der Waals surface area contributed by atoms with Crippen molar-refractivity contribution < 1.29 is 19.4 Å². The molecule has 1 aliphatic rings. The number of aromatic hydroxyl groups is 2. The third-order valence-corrected chi connectivity index (χ3v) is 6.57. The minimum absolute atomic E-state index is 0.00865. The molecule has 1 fully saturated rings. The lowest BCUT2D eigenvalue weighted by Crippen LogP contribution is -2.27. The summed E-state index contributed by atoms with van der Waals surface area (Å²) >= 11 is 0. The predicted octanol–water partition coefficient (Wildman–Crippen LogP) is 7.80. The lowest BCUT2D eigenvalue weighted by molar-refractivity contribution is -0.117. The van der Waals surface area contributed by atoms with Gasteiger partial charge < -0.3 is 15.1 Å². The molecule has 0 aromatic heterocycles. The van der Waals surface area contributed by atoms with Crippen LogP contribution in [0.1, 0.15) is 49.8 Å². The number of halogens is 1. The molecule has 190 valence electrons. The van der Waals surface area contributed by atoms with Gasteiger partial charge in [0.05, 0.1) is 6.04 Å². The van der Waals surface area contributed by atoms with Crippen molar-refractivity contribution in [3.8, 4) is 22.6 Å². The molecule has 1 amide bonds. The Bertz CT molecular complexity index is 1300. The molecular weight excluding hydrogens is 465 g/mol. The highest BCUT2D eigenvalue weighted by Crippen LogP contribution is 2.41. The van der Waals surface area contributed by atoms with Gasteiger partial charge in [0.2, 0.25) is 5.91 Å². The van der Waals surface area contributed by atoms with Crippen LogP contribution in [0.25, 0.3) is 11.1 Å². The average Bonchev–Trinajstić information content (AvgIpc) is 3.30. The first kappa shape index (κ1) is 26.0. The summed E-state index contributed by atoms with van der Waals surface area (Å²) in [5.41, 5.74) is 4.91. The van der Waals surface area contributed by atoms with Gasteiger partial charge in [-0.1, -0.05) is 67.9 Å². The first-order chi connectivity index (χ1) is 18.0. The topological polar surface area (TPSA) is 60.8 Å². The molecule has 1 heterocycles. The number of anilines is 1. The molecule has 1 saturated heterocycles. The summed E-state index contributed by atoms with van der Waals surface area (Å²) < 4.78 is 12.4. The molecule has 2 N–H and O–H groups in total. The number of carbonyl (C=O) groups is 1.